The summed E-state index contributed by atoms with van der Waals surface area (Å²) in [5, 5.41) is 6.59. The molecular weight excluding hydrogens is 377 g/mol. The smallest absolute Gasteiger partial charge is 0.311 e. The topological polar surface area (TPSA) is 63.6 Å². The Morgan fingerprint density at radius 2 is 2.07 bits per heavy atom. The molecule has 144 valence electrons. The summed E-state index contributed by atoms with van der Waals surface area (Å²) in [5.74, 6) is -0.525. The van der Waals surface area contributed by atoms with Crippen LogP contribution in [0.1, 0.15) is 23.7 Å². The van der Waals surface area contributed by atoms with E-state index in [0.29, 0.717) is 17.4 Å². The van der Waals surface area contributed by atoms with Gasteiger partial charge in [0.05, 0.1) is 24.9 Å². The van der Waals surface area contributed by atoms with E-state index in [2.05, 4.69) is 15.5 Å². The molecule has 0 spiro atoms. The number of nitrogens with one attached hydrogen (secondary N) is 1. The van der Waals surface area contributed by atoms with Gasteiger partial charge in [0, 0.05) is 5.38 Å². The van der Waals surface area contributed by atoms with Crippen LogP contribution in [0.15, 0.2) is 52.9 Å². The Balaban J connectivity index is 1.59. The van der Waals surface area contributed by atoms with Gasteiger partial charge in [0.25, 0.3) is 0 Å². The van der Waals surface area contributed by atoms with Crippen molar-refractivity contribution in [2.45, 2.75) is 20.3 Å². The highest BCUT2D eigenvalue weighted by Gasteiger charge is 2.08. The van der Waals surface area contributed by atoms with Crippen LogP contribution in [0.2, 0.25) is 0 Å². The molecule has 1 N–H and O–H groups in total. The van der Waals surface area contributed by atoms with E-state index in [-0.39, 0.29) is 18.2 Å². The number of ether oxygens (including phenoxy) is 1. The minimum absolute atomic E-state index is 0.153. The van der Waals surface area contributed by atoms with Gasteiger partial charge >= 0.3 is 5.97 Å². The van der Waals surface area contributed by atoms with E-state index < -0.39 is 0 Å². The first-order valence-corrected chi connectivity index (χ1v) is 9.69. The molecular formula is C21H20FN3O2S. The van der Waals surface area contributed by atoms with Gasteiger partial charge in [-0.15, -0.1) is 11.3 Å². The lowest BCUT2D eigenvalue weighted by molar-refractivity contribution is -0.142. The molecule has 0 unspecified atom stereocenters. The number of rotatable bonds is 7. The molecule has 0 aliphatic rings. The van der Waals surface area contributed by atoms with Crippen molar-refractivity contribution in [3.63, 3.8) is 0 Å². The van der Waals surface area contributed by atoms with Crippen LogP contribution in [0.3, 0.4) is 0 Å². The van der Waals surface area contributed by atoms with Crippen molar-refractivity contribution in [1.82, 2.24) is 4.98 Å². The number of hydrogen-bond acceptors (Lipinski definition) is 6. The molecule has 0 fully saturated rings. The second-order valence-electron chi connectivity index (χ2n) is 6.08. The lowest BCUT2D eigenvalue weighted by Crippen LogP contribution is -2.07. The number of thiazole rings is 1. The number of esters is 1. The molecule has 0 saturated carbocycles. The SMILES string of the molecule is CCOC(=O)Cc1csc(NN=Cc2ccc(-c3ccc(F)cc3C)cc2)n1. The van der Waals surface area contributed by atoms with E-state index in [1.807, 2.05) is 31.2 Å². The van der Waals surface area contributed by atoms with Crippen LogP contribution in [-0.4, -0.2) is 23.8 Å². The lowest BCUT2D eigenvalue weighted by Gasteiger charge is -2.06. The van der Waals surface area contributed by atoms with Gasteiger partial charge in [0.2, 0.25) is 5.13 Å². The molecule has 3 aromatic rings. The average Bonchev–Trinajstić information content (AvgIpc) is 3.10. The predicted octanol–water partition coefficient (Wildman–Crippen LogP) is 4.81. The van der Waals surface area contributed by atoms with E-state index in [4.69, 9.17) is 4.74 Å². The Hall–Kier alpha value is -3.06. The number of benzene rings is 2. The highest BCUT2D eigenvalue weighted by molar-refractivity contribution is 7.13. The summed E-state index contributed by atoms with van der Waals surface area (Å²) in [6, 6.07) is 12.6. The fourth-order valence-corrected chi connectivity index (χ4v) is 3.32. The predicted molar refractivity (Wildman–Crippen MR) is 110 cm³/mol. The Bertz CT molecular complexity index is 984. The van der Waals surface area contributed by atoms with Crippen LogP contribution >= 0.6 is 11.3 Å². The summed E-state index contributed by atoms with van der Waals surface area (Å²) >= 11 is 1.37. The minimum atomic E-state index is -0.292. The van der Waals surface area contributed by atoms with Crippen molar-refractivity contribution < 1.29 is 13.9 Å². The molecule has 1 heterocycles. The van der Waals surface area contributed by atoms with Gasteiger partial charge in [-0.05, 0) is 48.2 Å². The number of hydrogen-bond donors (Lipinski definition) is 1. The monoisotopic (exact) mass is 397 g/mol. The van der Waals surface area contributed by atoms with Gasteiger partial charge in [-0.2, -0.15) is 5.10 Å². The van der Waals surface area contributed by atoms with Crippen LogP contribution in [0.5, 0.6) is 0 Å². The molecule has 3 rings (SSSR count). The fraction of sp³-hybridized carbons (Fsp3) is 0.190. The summed E-state index contributed by atoms with van der Waals surface area (Å²) in [6.45, 7) is 4.02. The molecule has 2 aromatic carbocycles. The van der Waals surface area contributed by atoms with Crippen LogP contribution in [0, 0.1) is 12.7 Å². The fourth-order valence-electron chi connectivity index (χ4n) is 2.66. The van der Waals surface area contributed by atoms with Crippen LogP contribution < -0.4 is 5.43 Å². The first-order valence-electron chi connectivity index (χ1n) is 8.81. The molecule has 0 amide bonds. The summed E-state index contributed by atoms with van der Waals surface area (Å²) in [4.78, 5) is 15.8. The first kappa shape index (κ1) is 19.7. The standard InChI is InChI=1S/C21H20FN3O2S/c1-3-27-20(26)11-18-13-28-21(24-18)25-23-12-15-4-6-16(7-5-15)19-9-8-17(22)10-14(19)2/h4-10,12-13H,3,11H2,1-2H3,(H,24,25). The summed E-state index contributed by atoms with van der Waals surface area (Å²) in [5.41, 5.74) is 7.35. The minimum Gasteiger partial charge on any atom is -0.466 e. The molecule has 0 atom stereocenters. The van der Waals surface area contributed by atoms with Crippen LogP contribution in [-0.2, 0) is 16.0 Å². The molecule has 7 heteroatoms. The highest BCUT2D eigenvalue weighted by atomic mass is 32.1. The normalized spacial score (nSPS) is 11.0. The third kappa shape index (κ3) is 5.23. The van der Waals surface area contributed by atoms with Crippen molar-refractivity contribution in [2.75, 3.05) is 12.0 Å². The highest BCUT2D eigenvalue weighted by Crippen LogP contribution is 2.24. The Morgan fingerprint density at radius 3 is 2.79 bits per heavy atom. The zero-order valence-electron chi connectivity index (χ0n) is 15.6. The number of hydrazone groups is 1. The van der Waals surface area contributed by atoms with Crippen molar-refractivity contribution in [2.24, 2.45) is 5.10 Å². The van der Waals surface area contributed by atoms with Gasteiger partial charge in [0.15, 0.2) is 0 Å². The number of anilines is 1. The summed E-state index contributed by atoms with van der Waals surface area (Å²) < 4.78 is 18.2. The van der Waals surface area contributed by atoms with E-state index in [9.17, 15) is 9.18 Å². The zero-order valence-corrected chi connectivity index (χ0v) is 16.4. The summed E-state index contributed by atoms with van der Waals surface area (Å²) in [7, 11) is 0. The number of halogens is 1. The van der Waals surface area contributed by atoms with Gasteiger partial charge in [-0.25, -0.2) is 9.37 Å². The molecule has 0 bridgehead atoms. The molecule has 0 saturated heterocycles. The van der Waals surface area contributed by atoms with Gasteiger partial charge in [0.1, 0.15) is 5.82 Å². The van der Waals surface area contributed by atoms with E-state index in [1.54, 1.807) is 24.6 Å². The molecule has 5 nitrogen and oxygen atoms in total. The number of carbonyl (C=O) groups is 1. The molecule has 28 heavy (non-hydrogen) atoms. The number of carbonyl (C=O) groups excluding carboxylic acids is 1. The van der Waals surface area contributed by atoms with Crippen LogP contribution in [0.25, 0.3) is 11.1 Å². The Kier molecular flexibility index (Phi) is 6.49. The van der Waals surface area contributed by atoms with Gasteiger partial charge in [-0.3, -0.25) is 10.2 Å². The quantitative estimate of drug-likeness (QED) is 0.353. The number of aromatic nitrogens is 1. The maximum Gasteiger partial charge on any atom is 0.311 e. The lowest BCUT2D eigenvalue weighted by atomic mass is 9.99. The van der Waals surface area contributed by atoms with Gasteiger partial charge < -0.3 is 4.74 Å². The van der Waals surface area contributed by atoms with Gasteiger partial charge in [-0.1, -0.05) is 30.3 Å². The third-order valence-corrected chi connectivity index (χ3v) is 4.76. The number of aryl methyl sites for hydroxylation is 1. The Morgan fingerprint density at radius 1 is 1.29 bits per heavy atom. The maximum absolute atomic E-state index is 13.3. The van der Waals surface area contributed by atoms with E-state index in [1.165, 1.54) is 23.5 Å². The average molecular weight is 397 g/mol. The molecule has 0 aliphatic heterocycles. The largest absolute Gasteiger partial charge is 0.466 e. The van der Waals surface area contributed by atoms with Crippen molar-refractivity contribution in [3.8, 4) is 11.1 Å². The molecule has 0 aliphatic carbocycles. The molecule has 0 radical (unpaired) electrons. The molecule has 1 aromatic heterocycles. The van der Waals surface area contributed by atoms with Crippen molar-refractivity contribution in [1.29, 1.82) is 0 Å². The summed E-state index contributed by atoms with van der Waals surface area (Å²) in [6.07, 6.45) is 1.84. The van der Waals surface area contributed by atoms with Crippen LogP contribution in [0.4, 0.5) is 9.52 Å². The maximum atomic E-state index is 13.3. The van der Waals surface area contributed by atoms with E-state index in [0.717, 1.165) is 22.3 Å². The first-order chi connectivity index (χ1) is 13.5. The Labute approximate surface area is 166 Å². The van der Waals surface area contributed by atoms with Crippen molar-refractivity contribution in [3.05, 3.63) is 70.5 Å². The van der Waals surface area contributed by atoms with E-state index >= 15 is 0 Å². The second kappa shape index (κ2) is 9.23. The third-order valence-electron chi connectivity index (χ3n) is 3.97. The van der Waals surface area contributed by atoms with Crippen molar-refractivity contribution >= 4 is 28.7 Å². The number of nitrogens with zero attached hydrogens (tertiary/aromatic N) is 2. The zero-order chi connectivity index (χ0) is 19.9. The second-order valence-corrected chi connectivity index (χ2v) is 6.94.